The van der Waals surface area contributed by atoms with Crippen LogP contribution in [0.3, 0.4) is 0 Å². The quantitative estimate of drug-likeness (QED) is 0.785. The zero-order chi connectivity index (χ0) is 14.3. The molecule has 1 atom stereocenters. The average molecular weight is 267 g/mol. The van der Waals surface area contributed by atoms with Gasteiger partial charge in [0.2, 0.25) is 0 Å². The number of aliphatic hydroxyl groups is 1. The van der Waals surface area contributed by atoms with Crippen LogP contribution in [0, 0.1) is 0 Å². The van der Waals surface area contributed by atoms with Crippen molar-refractivity contribution in [1.82, 2.24) is 4.90 Å². The predicted octanol–water partition coefficient (Wildman–Crippen LogP) is 2.47. The summed E-state index contributed by atoms with van der Waals surface area (Å²) in [6, 6.07) is 5.53. The van der Waals surface area contributed by atoms with Crippen molar-refractivity contribution in [2.75, 3.05) is 33.4 Å². The Balaban J connectivity index is 2.63. The second kappa shape index (κ2) is 8.02. The lowest BCUT2D eigenvalue weighted by atomic mass is 10.1. The van der Waals surface area contributed by atoms with E-state index in [0.717, 1.165) is 30.9 Å². The lowest BCUT2D eigenvalue weighted by molar-refractivity contribution is 0.197. The first kappa shape index (κ1) is 15.8. The molecular weight excluding hydrogens is 242 g/mol. The summed E-state index contributed by atoms with van der Waals surface area (Å²) < 4.78 is 11.0. The summed E-state index contributed by atoms with van der Waals surface area (Å²) in [7, 11) is 1.61. The number of benzene rings is 1. The Kier molecular flexibility index (Phi) is 6.67. The highest BCUT2D eigenvalue weighted by Gasteiger charge is 2.09. The minimum atomic E-state index is -0.501. The van der Waals surface area contributed by atoms with Gasteiger partial charge in [-0.05, 0) is 37.7 Å². The number of hydrogen-bond acceptors (Lipinski definition) is 4. The summed E-state index contributed by atoms with van der Waals surface area (Å²) in [6.45, 7) is 9.59. The summed E-state index contributed by atoms with van der Waals surface area (Å²) in [5, 5.41) is 9.54. The molecule has 19 heavy (non-hydrogen) atoms. The van der Waals surface area contributed by atoms with E-state index in [-0.39, 0.29) is 0 Å². The summed E-state index contributed by atoms with van der Waals surface area (Å²) in [6.07, 6.45) is -0.501. The van der Waals surface area contributed by atoms with Gasteiger partial charge in [-0.25, -0.2) is 0 Å². The molecule has 0 saturated carbocycles. The van der Waals surface area contributed by atoms with Gasteiger partial charge in [0.15, 0.2) is 11.5 Å². The zero-order valence-electron chi connectivity index (χ0n) is 12.3. The second-order valence-corrected chi connectivity index (χ2v) is 4.46. The van der Waals surface area contributed by atoms with E-state index < -0.39 is 6.10 Å². The van der Waals surface area contributed by atoms with E-state index in [1.807, 2.05) is 18.2 Å². The summed E-state index contributed by atoms with van der Waals surface area (Å²) in [4.78, 5) is 2.30. The third-order valence-electron chi connectivity index (χ3n) is 3.23. The summed E-state index contributed by atoms with van der Waals surface area (Å²) >= 11 is 0. The molecule has 4 heteroatoms. The van der Waals surface area contributed by atoms with E-state index in [4.69, 9.17) is 9.47 Å². The van der Waals surface area contributed by atoms with Gasteiger partial charge in [-0.2, -0.15) is 0 Å². The van der Waals surface area contributed by atoms with Gasteiger partial charge in [0.05, 0.1) is 13.2 Å². The zero-order valence-corrected chi connectivity index (χ0v) is 12.3. The van der Waals surface area contributed by atoms with Crippen LogP contribution in [0.2, 0.25) is 0 Å². The maximum atomic E-state index is 9.54. The van der Waals surface area contributed by atoms with E-state index in [2.05, 4.69) is 18.7 Å². The summed E-state index contributed by atoms with van der Waals surface area (Å²) in [5.41, 5.74) is 0.827. The molecule has 0 unspecified atom stereocenters. The van der Waals surface area contributed by atoms with Crippen LogP contribution in [0.5, 0.6) is 11.5 Å². The Hall–Kier alpha value is -1.26. The van der Waals surface area contributed by atoms with E-state index >= 15 is 0 Å². The largest absolute Gasteiger partial charge is 0.493 e. The SMILES string of the molecule is CCN(CC)CCOc1ccc([C@@H](C)O)cc1OC. The molecule has 0 aliphatic rings. The van der Waals surface area contributed by atoms with Gasteiger partial charge >= 0.3 is 0 Å². The minimum Gasteiger partial charge on any atom is -0.493 e. The molecular formula is C15H25NO3. The number of ether oxygens (including phenoxy) is 2. The normalized spacial score (nSPS) is 12.5. The van der Waals surface area contributed by atoms with E-state index in [0.29, 0.717) is 12.4 Å². The molecule has 0 aliphatic heterocycles. The predicted molar refractivity (Wildman–Crippen MR) is 76.9 cm³/mol. The van der Waals surface area contributed by atoms with Crippen LogP contribution in [0.25, 0.3) is 0 Å². The molecule has 0 fully saturated rings. The molecule has 0 aromatic heterocycles. The Morgan fingerprint density at radius 3 is 2.42 bits per heavy atom. The van der Waals surface area contributed by atoms with Crippen LogP contribution in [-0.2, 0) is 0 Å². The van der Waals surface area contributed by atoms with Crippen LogP contribution in [0.1, 0.15) is 32.4 Å². The van der Waals surface area contributed by atoms with Crippen molar-refractivity contribution in [2.24, 2.45) is 0 Å². The molecule has 0 heterocycles. The van der Waals surface area contributed by atoms with Crippen LogP contribution >= 0.6 is 0 Å². The first-order valence-electron chi connectivity index (χ1n) is 6.83. The van der Waals surface area contributed by atoms with Gasteiger partial charge < -0.3 is 19.5 Å². The van der Waals surface area contributed by atoms with Crippen molar-refractivity contribution in [2.45, 2.75) is 26.9 Å². The van der Waals surface area contributed by atoms with E-state index in [1.165, 1.54) is 0 Å². The van der Waals surface area contributed by atoms with Crippen molar-refractivity contribution in [3.05, 3.63) is 23.8 Å². The topological polar surface area (TPSA) is 41.9 Å². The van der Waals surface area contributed by atoms with Crippen molar-refractivity contribution in [3.63, 3.8) is 0 Å². The van der Waals surface area contributed by atoms with E-state index in [9.17, 15) is 5.11 Å². The first-order chi connectivity index (χ1) is 9.12. The number of nitrogens with zero attached hydrogens (tertiary/aromatic N) is 1. The number of methoxy groups -OCH3 is 1. The number of aliphatic hydroxyl groups excluding tert-OH is 1. The van der Waals surface area contributed by atoms with E-state index in [1.54, 1.807) is 14.0 Å². The van der Waals surface area contributed by atoms with Gasteiger partial charge in [0, 0.05) is 6.54 Å². The van der Waals surface area contributed by atoms with Crippen LogP contribution in [0.4, 0.5) is 0 Å². The van der Waals surface area contributed by atoms with Crippen LogP contribution in [-0.4, -0.2) is 43.4 Å². The highest BCUT2D eigenvalue weighted by molar-refractivity contribution is 5.43. The third-order valence-corrected chi connectivity index (χ3v) is 3.23. The number of likely N-dealkylation sites (N-methyl/N-ethyl adjacent to an activating group) is 1. The fourth-order valence-corrected chi connectivity index (χ4v) is 1.89. The maximum absolute atomic E-state index is 9.54. The number of hydrogen-bond donors (Lipinski definition) is 1. The molecule has 108 valence electrons. The monoisotopic (exact) mass is 267 g/mol. The summed E-state index contributed by atoms with van der Waals surface area (Å²) in [5.74, 6) is 1.39. The van der Waals surface area contributed by atoms with Gasteiger partial charge in [-0.3, -0.25) is 0 Å². The Bertz CT molecular complexity index is 376. The molecule has 1 aromatic rings. The lowest BCUT2D eigenvalue weighted by Crippen LogP contribution is -2.27. The standard InChI is InChI=1S/C15H25NO3/c1-5-16(6-2)9-10-19-14-8-7-13(12(3)17)11-15(14)18-4/h7-8,11-12,17H,5-6,9-10H2,1-4H3/t12-/m1/s1. The first-order valence-corrected chi connectivity index (χ1v) is 6.83. The molecule has 0 spiro atoms. The molecule has 0 aliphatic carbocycles. The minimum absolute atomic E-state index is 0.501. The Morgan fingerprint density at radius 2 is 1.89 bits per heavy atom. The van der Waals surface area contributed by atoms with Gasteiger partial charge in [-0.15, -0.1) is 0 Å². The Morgan fingerprint density at radius 1 is 1.21 bits per heavy atom. The molecule has 1 aromatic carbocycles. The van der Waals surface area contributed by atoms with Gasteiger partial charge in [-0.1, -0.05) is 19.9 Å². The molecule has 1 N–H and O–H groups in total. The molecule has 0 radical (unpaired) electrons. The average Bonchev–Trinajstić information content (AvgIpc) is 2.43. The lowest BCUT2D eigenvalue weighted by Gasteiger charge is -2.19. The van der Waals surface area contributed by atoms with Crippen LogP contribution in [0.15, 0.2) is 18.2 Å². The highest BCUT2D eigenvalue weighted by atomic mass is 16.5. The number of rotatable bonds is 8. The second-order valence-electron chi connectivity index (χ2n) is 4.46. The van der Waals surface area contributed by atoms with Gasteiger partial charge in [0.1, 0.15) is 6.61 Å². The third kappa shape index (κ3) is 4.73. The van der Waals surface area contributed by atoms with Crippen molar-refractivity contribution >= 4 is 0 Å². The molecule has 0 bridgehead atoms. The molecule has 0 saturated heterocycles. The van der Waals surface area contributed by atoms with Crippen molar-refractivity contribution < 1.29 is 14.6 Å². The fraction of sp³-hybridized carbons (Fsp3) is 0.600. The van der Waals surface area contributed by atoms with Crippen LogP contribution < -0.4 is 9.47 Å². The van der Waals surface area contributed by atoms with Crippen molar-refractivity contribution in [1.29, 1.82) is 0 Å². The highest BCUT2D eigenvalue weighted by Crippen LogP contribution is 2.30. The Labute approximate surface area is 115 Å². The fourth-order valence-electron chi connectivity index (χ4n) is 1.89. The van der Waals surface area contributed by atoms with Crippen molar-refractivity contribution in [3.8, 4) is 11.5 Å². The molecule has 4 nitrogen and oxygen atoms in total. The maximum Gasteiger partial charge on any atom is 0.161 e. The molecule has 0 amide bonds. The van der Waals surface area contributed by atoms with Gasteiger partial charge in [0.25, 0.3) is 0 Å². The molecule has 1 rings (SSSR count). The smallest absolute Gasteiger partial charge is 0.161 e.